The number of urea groups is 1. The number of esters is 1. The Kier molecular flexibility index (Phi) is 11.3. The molecule has 3 aromatic heterocycles. The number of likely N-dealkylation sites (tertiary alicyclic amines) is 1. The lowest BCUT2D eigenvalue weighted by Gasteiger charge is -2.28. The fourth-order valence-electron chi connectivity index (χ4n) is 6.44. The number of anilines is 1. The van der Waals surface area contributed by atoms with Gasteiger partial charge in [-0.05, 0) is 57.0 Å². The molecule has 0 saturated carbocycles. The van der Waals surface area contributed by atoms with Crippen LogP contribution in [0.2, 0.25) is 0 Å². The number of benzene rings is 1. The van der Waals surface area contributed by atoms with Crippen LogP contribution >= 0.6 is 11.3 Å². The number of amides is 2. The van der Waals surface area contributed by atoms with Gasteiger partial charge in [0.1, 0.15) is 16.4 Å². The normalized spacial score (nSPS) is 17.2. The van der Waals surface area contributed by atoms with Gasteiger partial charge in [-0.15, -0.1) is 11.3 Å². The minimum absolute atomic E-state index is 0.0771. The molecule has 2 amide bonds. The van der Waals surface area contributed by atoms with Gasteiger partial charge >= 0.3 is 18.2 Å². The third kappa shape index (κ3) is 8.75. The molecule has 1 unspecified atom stereocenters. The van der Waals surface area contributed by atoms with E-state index in [4.69, 9.17) is 9.47 Å². The van der Waals surface area contributed by atoms with Crippen molar-refractivity contribution in [2.24, 2.45) is 5.92 Å². The van der Waals surface area contributed by atoms with Crippen LogP contribution in [-0.2, 0) is 22.2 Å². The SMILES string of the molecule is CCNC(=O)Nc1cc(-c2nc(C(F)(F)F)cs2)cc(-c2ccc3c(c2)c(=O)c(C(=O)OCC)cn3CC2CCN(CCN3CCOCC3)C2)n1. The number of alkyl halides is 3. The number of nitrogens with one attached hydrogen (secondary N) is 2. The minimum Gasteiger partial charge on any atom is -0.462 e. The fourth-order valence-corrected chi connectivity index (χ4v) is 7.25. The van der Waals surface area contributed by atoms with E-state index in [1.165, 1.54) is 6.07 Å². The Morgan fingerprint density at radius 3 is 2.55 bits per heavy atom. The zero-order valence-electron chi connectivity index (χ0n) is 28.4. The van der Waals surface area contributed by atoms with E-state index in [2.05, 4.69) is 30.4 Å². The number of pyridine rings is 2. The van der Waals surface area contributed by atoms with Gasteiger partial charge in [0, 0.05) is 73.9 Å². The Morgan fingerprint density at radius 1 is 1.04 bits per heavy atom. The zero-order chi connectivity index (χ0) is 36.1. The molecule has 1 atom stereocenters. The number of halogens is 3. The lowest BCUT2D eigenvalue weighted by atomic mass is 10.0. The predicted octanol–water partition coefficient (Wildman–Crippen LogP) is 5.18. The molecule has 0 aliphatic carbocycles. The Bertz CT molecular complexity index is 1940. The highest BCUT2D eigenvalue weighted by molar-refractivity contribution is 7.13. The number of hydrogen-bond acceptors (Lipinski definition) is 10. The largest absolute Gasteiger partial charge is 0.462 e. The summed E-state index contributed by atoms with van der Waals surface area (Å²) in [5.74, 6) is -0.356. The second kappa shape index (κ2) is 15.9. The Morgan fingerprint density at radius 2 is 1.82 bits per heavy atom. The maximum atomic E-state index is 13.8. The quantitative estimate of drug-likeness (QED) is 0.201. The summed E-state index contributed by atoms with van der Waals surface area (Å²) in [4.78, 5) is 52.5. The van der Waals surface area contributed by atoms with Gasteiger partial charge in [-0.3, -0.25) is 15.0 Å². The average molecular weight is 728 g/mol. The van der Waals surface area contributed by atoms with Crippen molar-refractivity contribution in [1.29, 1.82) is 0 Å². The lowest BCUT2D eigenvalue weighted by molar-refractivity contribution is -0.140. The van der Waals surface area contributed by atoms with Crippen LogP contribution in [0.25, 0.3) is 32.7 Å². The summed E-state index contributed by atoms with van der Waals surface area (Å²) in [5.41, 5.74) is 0.0249. The van der Waals surface area contributed by atoms with Crippen LogP contribution < -0.4 is 16.1 Å². The molecule has 5 heterocycles. The Hall–Kier alpha value is -4.38. The van der Waals surface area contributed by atoms with Crippen molar-refractivity contribution in [3.8, 4) is 21.8 Å². The number of fused-ring (bicyclic) bond motifs is 1. The molecule has 16 heteroatoms. The van der Waals surface area contributed by atoms with Crippen molar-refractivity contribution >= 4 is 40.1 Å². The second-order valence-corrected chi connectivity index (χ2v) is 13.4. The molecular weight excluding hydrogens is 687 g/mol. The van der Waals surface area contributed by atoms with Crippen LogP contribution in [0.15, 0.2) is 46.7 Å². The molecule has 1 aromatic carbocycles. The van der Waals surface area contributed by atoms with Crippen molar-refractivity contribution in [3.63, 3.8) is 0 Å². The molecule has 2 N–H and O–H groups in total. The monoisotopic (exact) mass is 727 g/mol. The van der Waals surface area contributed by atoms with E-state index in [0.29, 0.717) is 29.7 Å². The van der Waals surface area contributed by atoms with E-state index in [-0.39, 0.29) is 40.0 Å². The first-order valence-corrected chi connectivity index (χ1v) is 17.9. The second-order valence-electron chi connectivity index (χ2n) is 12.5. The third-order valence-corrected chi connectivity index (χ3v) is 9.87. The topological polar surface area (TPSA) is 131 Å². The summed E-state index contributed by atoms with van der Waals surface area (Å²) in [6, 6.07) is 7.61. The van der Waals surface area contributed by atoms with Gasteiger partial charge < -0.3 is 24.3 Å². The summed E-state index contributed by atoms with van der Waals surface area (Å²) in [6.07, 6.45) is -2.08. The first-order chi connectivity index (χ1) is 24.5. The fraction of sp³-hybridized carbons (Fsp3) is 0.457. The smallest absolute Gasteiger partial charge is 0.434 e. The maximum Gasteiger partial charge on any atom is 0.434 e. The first-order valence-electron chi connectivity index (χ1n) is 17.0. The van der Waals surface area contributed by atoms with Crippen LogP contribution in [0.4, 0.5) is 23.8 Å². The van der Waals surface area contributed by atoms with Crippen molar-refractivity contribution in [1.82, 2.24) is 29.7 Å². The van der Waals surface area contributed by atoms with Gasteiger partial charge in [-0.2, -0.15) is 13.2 Å². The van der Waals surface area contributed by atoms with Crippen LogP contribution in [0, 0.1) is 5.92 Å². The summed E-state index contributed by atoms with van der Waals surface area (Å²) in [5, 5.41) is 6.49. The van der Waals surface area contributed by atoms with Crippen molar-refractivity contribution in [2.75, 3.05) is 71.0 Å². The summed E-state index contributed by atoms with van der Waals surface area (Å²) >= 11 is 0.810. The summed E-state index contributed by atoms with van der Waals surface area (Å²) < 4.78 is 52.8. The molecule has 4 aromatic rings. The number of aromatic nitrogens is 3. The third-order valence-electron chi connectivity index (χ3n) is 8.98. The van der Waals surface area contributed by atoms with Gasteiger partial charge in [0.2, 0.25) is 5.43 Å². The molecule has 2 aliphatic rings. The summed E-state index contributed by atoms with van der Waals surface area (Å²) in [6.45, 7) is 11.6. The Labute approximate surface area is 296 Å². The van der Waals surface area contributed by atoms with E-state index in [1.807, 2.05) is 4.57 Å². The predicted molar refractivity (Wildman–Crippen MR) is 188 cm³/mol. The van der Waals surface area contributed by atoms with Crippen molar-refractivity contribution in [2.45, 2.75) is 33.0 Å². The zero-order valence-corrected chi connectivity index (χ0v) is 29.2. The van der Waals surface area contributed by atoms with E-state index >= 15 is 0 Å². The van der Waals surface area contributed by atoms with Crippen LogP contribution in [0.1, 0.15) is 36.3 Å². The van der Waals surface area contributed by atoms with Crippen molar-refractivity contribution < 1.29 is 32.2 Å². The molecule has 272 valence electrons. The molecule has 0 spiro atoms. The minimum atomic E-state index is -4.62. The van der Waals surface area contributed by atoms with Gasteiger partial charge in [0.05, 0.1) is 31.0 Å². The Balaban J connectivity index is 1.34. The highest BCUT2D eigenvalue weighted by Crippen LogP contribution is 2.36. The molecule has 2 aliphatic heterocycles. The number of carbonyl (C=O) groups excluding carboxylic acids is 2. The highest BCUT2D eigenvalue weighted by Gasteiger charge is 2.34. The van der Waals surface area contributed by atoms with E-state index in [1.54, 1.807) is 44.3 Å². The van der Waals surface area contributed by atoms with E-state index < -0.39 is 29.3 Å². The van der Waals surface area contributed by atoms with Crippen molar-refractivity contribution in [3.05, 3.63) is 63.4 Å². The molecule has 0 radical (unpaired) electrons. The molecule has 12 nitrogen and oxygen atoms in total. The molecule has 51 heavy (non-hydrogen) atoms. The molecular formula is C35H40F3N7O5S. The molecule has 6 rings (SSSR count). The van der Waals surface area contributed by atoms with Crippen LogP contribution in [0.5, 0.6) is 0 Å². The molecule has 2 saturated heterocycles. The lowest BCUT2D eigenvalue weighted by Crippen LogP contribution is -2.41. The van der Waals surface area contributed by atoms with Gasteiger partial charge in [0.25, 0.3) is 0 Å². The molecule has 0 bridgehead atoms. The number of carbonyl (C=O) groups is 2. The number of ether oxygens (including phenoxy) is 2. The number of thiazole rings is 1. The molecule has 2 fully saturated rings. The standard InChI is InChI=1S/C35H40F3N7O5S/c1-3-39-34(48)42-30-17-24(32-41-29(21-51-32)35(36,37)38)16-27(40-30)23-5-6-28-25(15-23)31(46)26(33(47)50-4-2)20-45(28)19-22-7-8-44(18-22)10-9-43-11-13-49-14-12-43/h5-6,15-17,20-22H,3-4,7-14,18-19H2,1-2H3,(H2,39,40,42,48). The van der Waals surface area contributed by atoms with Gasteiger partial charge in [0.15, 0.2) is 5.69 Å². The number of rotatable bonds is 11. The van der Waals surface area contributed by atoms with Crippen LogP contribution in [0.3, 0.4) is 0 Å². The number of nitrogens with zero attached hydrogens (tertiary/aromatic N) is 5. The van der Waals surface area contributed by atoms with E-state index in [9.17, 15) is 27.6 Å². The maximum absolute atomic E-state index is 13.8. The average Bonchev–Trinajstić information content (AvgIpc) is 3.80. The van der Waals surface area contributed by atoms with Gasteiger partial charge in [-0.25, -0.2) is 19.6 Å². The highest BCUT2D eigenvalue weighted by atomic mass is 32.1. The summed E-state index contributed by atoms with van der Waals surface area (Å²) in [7, 11) is 0. The number of hydrogen-bond donors (Lipinski definition) is 2. The van der Waals surface area contributed by atoms with Gasteiger partial charge in [-0.1, -0.05) is 6.07 Å². The van der Waals surface area contributed by atoms with E-state index in [0.717, 1.165) is 75.6 Å². The van der Waals surface area contributed by atoms with Crippen LogP contribution in [-0.4, -0.2) is 102 Å². The first kappa shape index (κ1) is 36.4. The number of morpholine rings is 1.